The smallest absolute Gasteiger partial charge is 0.266 e. The highest BCUT2D eigenvalue weighted by atomic mass is 19.4. The molecule has 1 saturated heterocycles. The third kappa shape index (κ3) is 3.09. The highest BCUT2D eigenvalue weighted by molar-refractivity contribution is 5.74. The molecule has 1 heterocycles. The van der Waals surface area contributed by atoms with Crippen molar-refractivity contribution in [3.8, 4) is 0 Å². The molecule has 0 aliphatic carbocycles. The number of nitrogens with zero attached hydrogens (tertiary/aromatic N) is 1. The van der Waals surface area contributed by atoms with Crippen LogP contribution in [-0.4, -0.2) is 36.4 Å². The van der Waals surface area contributed by atoms with Crippen molar-refractivity contribution in [1.29, 1.82) is 0 Å². The molecule has 0 unspecified atom stereocenters. The van der Waals surface area contributed by atoms with Crippen LogP contribution in [0.2, 0.25) is 0 Å². The number of likely N-dealkylation sites (tertiary alicyclic amines) is 1. The summed E-state index contributed by atoms with van der Waals surface area (Å²) in [6.45, 7) is 3.31. The molecular weight excluding hydrogens is 211 g/mol. The number of carbonyl (C=O) groups excluding carboxylic acids is 1. The number of hydrogen-bond acceptors (Lipinski definition) is 2. The van der Waals surface area contributed by atoms with Gasteiger partial charge < -0.3 is 0 Å². The average molecular weight is 226 g/mol. The Bertz CT molecular complexity index is 234. The van der Waals surface area contributed by atoms with Crippen molar-refractivity contribution in [3.63, 3.8) is 0 Å². The summed E-state index contributed by atoms with van der Waals surface area (Å²) in [7, 11) is 0. The standard InChI is InChI=1S/C9H15F3NO2/c1-2-5-13(6-3-4-7-13)15-8(14)9(10,11)12/h2-7H2,1H3/q+1. The summed E-state index contributed by atoms with van der Waals surface area (Å²) in [5.74, 6) is -2.07. The van der Waals surface area contributed by atoms with E-state index in [2.05, 4.69) is 4.84 Å². The van der Waals surface area contributed by atoms with Gasteiger partial charge in [-0.15, -0.1) is 4.65 Å². The number of hydroxylamine groups is 3. The number of carbonyl (C=O) groups is 1. The first-order valence-electron chi connectivity index (χ1n) is 5.06. The van der Waals surface area contributed by atoms with Crippen LogP contribution in [0.15, 0.2) is 0 Å². The van der Waals surface area contributed by atoms with Gasteiger partial charge in [0, 0.05) is 12.8 Å². The van der Waals surface area contributed by atoms with Gasteiger partial charge in [0.2, 0.25) is 0 Å². The Morgan fingerprint density at radius 2 is 1.87 bits per heavy atom. The van der Waals surface area contributed by atoms with Crippen LogP contribution >= 0.6 is 0 Å². The minimum absolute atomic E-state index is 0.158. The fraction of sp³-hybridized carbons (Fsp3) is 0.889. The summed E-state index contributed by atoms with van der Waals surface area (Å²) in [5, 5.41) is 0. The number of halogens is 3. The molecule has 0 N–H and O–H groups in total. The predicted octanol–water partition coefficient (Wildman–Crippen LogP) is 2.03. The topological polar surface area (TPSA) is 26.3 Å². The number of quaternary nitrogens is 1. The van der Waals surface area contributed by atoms with Gasteiger partial charge in [0.1, 0.15) is 19.6 Å². The van der Waals surface area contributed by atoms with Gasteiger partial charge in [-0.25, -0.2) is 4.79 Å². The van der Waals surface area contributed by atoms with Gasteiger partial charge in [-0.05, 0) is 6.42 Å². The molecule has 88 valence electrons. The normalized spacial score (nSPS) is 20.3. The zero-order chi connectivity index (χ0) is 11.5. The van der Waals surface area contributed by atoms with Crippen molar-refractivity contribution in [2.75, 3.05) is 19.6 Å². The van der Waals surface area contributed by atoms with Crippen molar-refractivity contribution < 1.29 is 27.4 Å². The quantitative estimate of drug-likeness (QED) is 0.688. The molecule has 1 aliphatic rings. The Morgan fingerprint density at radius 3 is 2.27 bits per heavy atom. The molecule has 1 fully saturated rings. The Morgan fingerprint density at radius 1 is 1.33 bits per heavy atom. The predicted molar refractivity (Wildman–Crippen MR) is 46.5 cm³/mol. The van der Waals surface area contributed by atoms with Gasteiger partial charge >= 0.3 is 12.1 Å². The first-order valence-corrected chi connectivity index (χ1v) is 5.06. The summed E-state index contributed by atoms with van der Waals surface area (Å²) in [4.78, 5) is 15.3. The van der Waals surface area contributed by atoms with Crippen molar-refractivity contribution >= 4 is 5.97 Å². The van der Waals surface area contributed by atoms with Crippen molar-refractivity contribution in [2.24, 2.45) is 0 Å². The second kappa shape index (κ2) is 4.38. The summed E-state index contributed by atoms with van der Waals surface area (Å²) >= 11 is 0. The van der Waals surface area contributed by atoms with Crippen LogP contribution in [0.1, 0.15) is 26.2 Å². The van der Waals surface area contributed by atoms with Gasteiger partial charge in [0.05, 0.1) is 0 Å². The Balaban J connectivity index is 2.63. The monoisotopic (exact) mass is 226 g/mol. The van der Waals surface area contributed by atoms with Crippen LogP contribution in [0.25, 0.3) is 0 Å². The van der Waals surface area contributed by atoms with E-state index in [4.69, 9.17) is 0 Å². The Labute approximate surface area is 86.3 Å². The van der Waals surface area contributed by atoms with E-state index in [1.165, 1.54) is 0 Å². The first-order chi connectivity index (χ1) is 6.90. The largest absolute Gasteiger partial charge is 0.497 e. The lowest BCUT2D eigenvalue weighted by molar-refractivity contribution is -1.08. The number of alkyl halides is 3. The molecule has 1 aliphatic heterocycles. The molecule has 3 nitrogen and oxygen atoms in total. The van der Waals surface area contributed by atoms with Crippen LogP contribution in [0.3, 0.4) is 0 Å². The molecule has 0 aromatic rings. The zero-order valence-electron chi connectivity index (χ0n) is 8.64. The molecule has 0 aromatic carbocycles. The SMILES string of the molecule is CCC[N+]1(OC(=O)C(F)(F)F)CCCC1. The van der Waals surface area contributed by atoms with Crippen LogP contribution in [-0.2, 0) is 9.63 Å². The Kier molecular flexibility index (Phi) is 3.59. The van der Waals surface area contributed by atoms with E-state index in [0.717, 1.165) is 12.8 Å². The molecule has 0 aromatic heterocycles. The summed E-state index contributed by atoms with van der Waals surface area (Å²) in [6.07, 6.45) is -2.57. The van der Waals surface area contributed by atoms with E-state index in [9.17, 15) is 18.0 Å². The number of rotatable bonds is 3. The van der Waals surface area contributed by atoms with Gasteiger partial charge in [0.15, 0.2) is 0 Å². The Hall–Kier alpha value is -0.780. The van der Waals surface area contributed by atoms with Gasteiger partial charge in [-0.3, -0.25) is 4.84 Å². The molecule has 0 saturated carbocycles. The van der Waals surface area contributed by atoms with Gasteiger partial charge in [-0.1, -0.05) is 6.92 Å². The lowest BCUT2D eigenvalue weighted by atomic mass is 10.4. The lowest BCUT2D eigenvalue weighted by Gasteiger charge is -2.29. The maximum absolute atomic E-state index is 12.0. The van der Waals surface area contributed by atoms with Crippen molar-refractivity contribution in [2.45, 2.75) is 32.4 Å². The second-order valence-corrected chi connectivity index (χ2v) is 3.81. The molecular formula is C9H15F3NO2+. The highest BCUT2D eigenvalue weighted by Gasteiger charge is 2.48. The van der Waals surface area contributed by atoms with E-state index in [1.807, 2.05) is 6.92 Å². The minimum atomic E-state index is -4.89. The fourth-order valence-corrected chi connectivity index (χ4v) is 1.91. The molecule has 0 amide bonds. The maximum Gasteiger partial charge on any atom is 0.497 e. The molecule has 0 atom stereocenters. The van der Waals surface area contributed by atoms with Crippen LogP contribution in [0.4, 0.5) is 13.2 Å². The van der Waals surface area contributed by atoms with Gasteiger partial charge in [-0.2, -0.15) is 13.2 Å². The van der Waals surface area contributed by atoms with E-state index in [-0.39, 0.29) is 4.65 Å². The molecule has 6 heteroatoms. The number of hydrogen-bond donors (Lipinski definition) is 0. The third-order valence-electron chi connectivity index (χ3n) is 2.52. The van der Waals surface area contributed by atoms with Crippen molar-refractivity contribution in [3.05, 3.63) is 0 Å². The van der Waals surface area contributed by atoms with E-state index < -0.39 is 12.1 Å². The van der Waals surface area contributed by atoms with Crippen molar-refractivity contribution in [1.82, 2.24) is 0 Å². The van der Waals surface area contributed by atoms with Crippen LogP contribution < -0.4 is 0 Å². The summed E-state index contributed by atoms with van der Waals surface area (Å²) in [5.41, 5.74) is 0. The molecule has 1 rings (SSSR count). The molecule has 15 heavy (non-hydrogen) atoms. The molecule has 0 bridgehead atoms. The maximum atomic E-state index is 12.0. The zero-order valence-corrected chi connectivity index (χ0v) is 8.64. The first kappa shape index (κ1) is 12.3. The second-order valence-electron chi connectivity index (χ2n) is 3.81. The highest BCUT2D eigenvalue weighted by Crippen LogP contribution is 2.25. The van der Waals surface area contributed by atoms with E-state index >= 15 is 0 Å². The van der Waals surface area contributed by atoms with E-state index in [1.54, 1.807) is 0 Å². The molecule has 0 radical (unpaired) electrons. The van der Waals surface area contributed by atoms with E-state index in [0.29, 0.717) is 26.1 Å². The van der Waals surface area contributed by atoms with Crippen LogP contribution in [0.5, 0.6) is 0 Å². The third-order valence-corrected chi connectivity index (χ3v) is 2.52. The van der Waals surface area contributed by atoms with Crippen LogP contribution in [0, 0.1) is 0 Å². The molecule has 0 spiro atoms. The lowest BCUT2D eigenvalue weighted by Crippen LogP contribution is -2.49. The minimum Gasteiger partial charge on any atom is -0.266 e. The summed E-state index contributed by atoms with van der Waals surface area (Å²) < 4.78 is 35.9. The average Bonchev–Trinajstić information content (AvgIpc) is 2.52. The van der Waals surface area contributed by atoms with Gasteiger partial charge in [0.25, 0.3) is 0 Å². The fourth-order valence-electron chi connectivity index (χ4n) is 1.91. The summed E-state index contributed by atoms with van der Waals surface area (Å²) in [6, 6.07) is 0.